The number of hydrogen-bond donors (Lipinski definition) is 0. The molecule has 0 radical (unpaired) electrons. The molecule has 0 amide bonds. The molecule has 5 rings (SSSR count). The summed E-state index contributed by atoms with van der Waals surface area (Å²) in [4.78, 5) is 14.5. The van der Waals surface area contributed by atoms with Crippen LogP contribution in [0.2, 0.25) is 0 Å². The maximum absolute atomic E-state index is 5.93. The topological polar surface area (TPSA) is 50.7 Å². The van der Waals surface area contributed by atoms with E-state index >= 15 is 0 Å². The number of nitrogens with zero attached hydrogens (tertiary/aromatic N) is 4. The van der Waals surface area contributed by atoms with Crippen LogP contribution in [-0.2, 0) is 9.47 Å². The average Bonchev–Trinajstić information content (AvgIpc) is 3.53. The Bertz CT molecular complexity index is 1040. The van der Waals surface area contributed by atoms with Gasteiger partial charge in [-0.15, -0.1) is 0 Å². The molecule has 0 saturated carbocycles. The van der Waals surface area contributed by atoms with Crippen molar-refractivity contribution in [2.75, 3.05) is 85.4 Å². The second-order valence-corrected chi connectivity index (χ2v) is 12.8. The lowest BCUT2D eigenvalue weighted by molar-refractivity contribution is 0.0530. The summed E-state index contributed by atoms with van der Waals surface area (Å²) in [6.07, 6.45) is 0. The van der Waals surface area contributed by atoms with Gasteiger partial charge in [-0.2, -0.15) is 23.5 Å². The summed E-state index contributed by atoms with van der Waals surface area (Å²) >= 11 is 7.61. The Labute approximate surface area is 229 Å². The third-order valence-electron chi connectivity index (χ3n) is 5.87. The van der Waals surface area contributed by atoms with Gasteiger partial charge in [-0.1, -0.05) is 46.9 Å². The van der Waals surface area contributed by atoms with Crippen LogP contribution in [-0.4, -0.2) is 85.6 Å². The summed E-state index contributed by atoms with van der Waals surface area (Å²) in [5, 5.41) is 2.19. The maximum atomic E-state index is 5.93. The van der Waals surface area contributed by atoms with Crippen molar-refractivity contribution in [3.63, 3.8) is 0 Å². The summed E-state index contributed by atoms with van der Waals surface area (Å²) in [7, 11) is 0. The zero-order valence-electron chi connectivity index (χ0n) is 20.3. The van der Waals surface area contributed by atoms with E-state index in [0.717, 1.165) is 59.0 Å². The summed E-state index contributed by atoms with van der Waals surface area (Å²) in [6.45, 7) is 6.25. The number of hydrogen-bond acceptors (Lipinski definition) is 10. The summed E-state index contributed by atoms with van der Waals surface area (Å²) in [6, 6.07) is 16.8. The summed E-state index contributed by atoms with van der Waals surface area (Å²) in [5.74, 6) is 4.52. The highest BCUT2D eigenvalue weighted by Crippen LogP contribution is 2.30. The van der Waals surface area contributed by atoms with E-state index in [4.69, 9.17) is 19.4 Å². The van der Waals surface area contributed by atoms with Gasteiger partial charge in [-0.05, 0) is 24.3 Å². The van der Waals surface area contributed by atoms with Gasteiger partial charge in [0.2, 0.25) is 0 Å². The van der Waals surface area contributed by atoms with Gasteiger partial charge >= 0.3 is 0 Å². The molecule has 36 heavy (non-hydrogen) atoms. The second-order valence-electron chi connectivity index (χ2n) is 8.35. The number of aromatic nitrogens is 2. The first-order chi connectivity index (χ1) is 17.9. The molecular weight excluding hydrogens is 529 g/mol. The zero-order valence-corrected chi connectivity index (χ0v) is 23.6. The molecule has 10 heteroatoms. The second kappa shape index (κ2) is 13.8. The Balaban J connectivity index is 1.15. The van der Waals surface area contributed by atoms with Crippen molar-refractivity contribution in [2.45, 2.75) is 0 Å². The van der Waals surface area contributed by atoms with Crippen LogP contribution >= 0.6 is 46.2 Å². The van der Waals surface area contributed by atoms with Crippen LogP contribution in [0.5, 0.6) is 0 Å². The number of fused-ring (bicyclic) bond motifs is 2. The van der Waals surface area contributed by atoms with E-state index in [1.807, 2.05) is 23.5 Å². The molecule has 0 aliphatic carbocycles. The van der Waals surface area contributed by atoms with Crippen molar-refractivity contribution >= 4 is 76.9 Å². The first kappa shape index (κ1) is 26.1. The minimum absolute atomic E-state index is 0.611. The van der Waals surface area contributed by atoms with Gasteiger partial charge in [0.15, 0.2) is 10.3 Å². The van der Waals surface area contributed by atoms with Gasteiger partial charge in [0.05, 0.1) is 46.9 Å². The van der Waals surface area contributed by atoms with Crippen LogP contribution < -0.4 is 9.80 Å². The number of anilines is 2. The van der Waals surface area contributed by atoms with Gasteiger partial charge < -0.3 is 19.3 Å². The molecule has 1 aliphatic heterocycles. The van der Waals surface area contributed by atoms with Gasteiger partial charge in [-0.25, -0.2) is 9.97 Å². The first-order valence-corrected chi connectivity index (χ1v) is 16.3. The Morgan fingerprint density at radius 3 is 1.50 bits per heavy atom. The van der Waals surface area contributed by atoms with Gasteiger partial charge in [0, 0.05) is 49.2 Å². The lowest BCUT2D eigenvalue weighted by Crippen LogP contribution is -2.31. The quantitative estimate of drug-likeness (QED) is 0.308. The molecule has 6 nitrogen and oxygen atoms in total. The molecule has 2 aromatic heterocycles. The minimum Gasteiger partial charge on any atom is -0.377 e. The monoisotopic (exact) mass is 560 g/mol. The highest BCUT2D eigenvalue weighted by molar-refractivity contribution is 8.02. The largest absolute Gasteiger partial charge is 0.377 e. The van der Waals surface area contributed by atoms with Crippen LogP contribution in [0.1, 0.15) is 0 Å². The van der Waals surface area contributed by atoms with Crippen LogP contribution in [0.3, 0.4) is 0 Å². The molecule has 0 unspecified atom stereocenters. The Kier molecular flexibility index (Phi) is 10.0. The van der Waals surface area contributed by atoms with E-state index in [0.29, 0.717) is 26.4 Å². The lowest BCUT2D eigenvalue weighted by Gasteiger charge is -2.23. The minimum atomic E-state index is 0.611. The standard InChI is InChI=1S/C26H32N4O2S4/c1-3-7-23-21(5-1)27-25(35-23)29-9-13-31-15-16-32-14-10-30(12-18-34-20-19-33-17-11-29)26-28-22-6-2-4-8-24(22)36-26/h1-8H,9-20H2. The van der Waals surface area contributed by atoms with Crippen LogP contribution in [0.25, 0.3) is 20.4 Å². The average molecular weight is 561 g/mol. The maximum Gasteiger partial charge on any atom is 0.186 e. The van der Waals surface area contributed by atoms with Crippen molar-refractivity contribution in [3.05, 3.63) is 48.5 Å². The molecular formula is C26H32N4O2S4. The van der Waals surface area contributed by atoms with Crippen molar-refractivity contribution < 1.29 is 9.47 Å². The summed E-state index contributed by atoms with van der Waals surface area (Å²) < 4.78 is 14.3. The molecule has 0 N–H and O–H groups in total. The van der Waals surface area contributed by atoms with Crippen LogP contribution in [0.4, 0.5) is 10.3 Å². The highest BCUT2D eigenvalue weighted by atomic mass is 32.2. The number of para-hydroxylation sites is 2. The predicted octanol–water partition coefficient (Wildman–Crippen LogP) is 5.73. The Morgan fingerprint density at radius 2 is 1.03 bits per heavy atom. The Morgan fingerprint density at radius 1 is 0.556 bits per heavy atom. The zero-order chi connectivity index (χ0) is 24.4. The number of ether oxygens (including phenoxy) is 2. The third kappa shape index (κ3) is 7.26. The van der Waals surface area contributed by atoms with Crippen molar-refractivity contribution in [1.82, 2.24) is 9.97 Å². The van der Waals surface area contributed by atoms with E-state index in [2.05, 4.69) is 58.3 Å². The van der Waals surface area contributed by atoms with E-state index in [1.165, 1.54) is 20.9 Å². The van der Waals surface area contributed by atoms with Crippen LogP contribution in [0.15, 0.2) is 48.5 Å². The molecule has 1 aliphatic rings. The first-order valence-electron chi connectivity index (χ1n) is 12.4. The molecule has 2 aromatic carbocycles. The van der Waals surface area contributed by atoms with E-state index < -0.39 is 0 Å². The number of rotatable bonds is 2. The molecule has 192 valence electrons. The van der Waals surface area contributed by atoms with Crippen molar-refractivity contribution in [3.8, 4) is 0 Å². The number of thiazole rings is 2. The van der Waals surface area contributed by atoms with E-state index in [1.54, 1.807) is 22.7 Å². The molecule has 1 saturated heterocycles. The van der Waals surface area contributed by atoms with Crippen molar-refractivity contribution in [1.29, 1.82) is 0 Å². The summed E-state index contributed by atoms with van der Waals surface area (Å²) in [5.41, 5.74) is 2.16. The van der Waals surface area contributed by atoms with Crippen molar-refractivity contribution in [2.24, 2.45) is 0 Å². The number of thioether (sulfide) groups is 2. The number of benzene rings is 2. The fourth-order valence-corrected chi connectivity index (χ4v) is 8.02. The molecule has 0 spiro atoms. The van der Waals surface area contributed by atoms with Crippen LogP contribution in [0, 0.1) is 0 Å². The molecule has 0 bridgehead atoms. The highest BCUT2D eigenvalue weighted by Gasteiger charge is 2.14. The predicted molar refractivity (Wildman–Crippen MR) is 160 cm³/mol. The molecule has 0 atom stereocenters. The molecule has 1 fully saturated rings. The SMILES string of the molecule is c1ccc2sc(N3CCOCCOCCN(c4nc5ccccc5s4)CCSCCSCC3)nc2c1. The smallest absolute Gasteiger partial charge is 0.186 e. The molecule has 3 heterocycles. The normalized spacial score (nSPS) is 18.3. The molecule has 4 aromatic rings. The fraction of sp³-hybridized carbons (Fsp3) is 0.462. The van der Waals surface area contributed by atoms with Gasteiger partial charge in [0.25, 0.3) is 0 Å². The third-order valence-corrected chi connectivity index (χ3v) is 10.3. The van der Waals surface area contributed by atoms with E-state index in [9.17, 15) is 0 Å². The lowest BCUT2D eigenvalue weighted by atomic mass is 10.3. The Hall–Kier alpha value is -1.56. The fourth-order valence-electron chi connectivity index (χ4n) is 3.94. The van der Waals surface area contributed by atoms with Gasteiger partial charge in [0.1, 0.15) is 0 Å². The van der Waals surface area contributed by atoms with Gasteiger partial charge in [-0.3, -0.25) is 0 Å². The van der Waals surface area contributed by atoms with E-state index in [-0.39, 0.29) is 0 Å².